The van der Waals surface area contributed by atoms with Crippen LogP contribution in [0.2, 0.25) is 0 Å². The highest BCUT2D eigenvalue weighted by Gasteiger charge is 2.51. The molecule has 4 rings (SSSR count). The first-order valence-electron chi connectivity index (χ1n) is 10.9. The number of carbonyl (C=O) groups excluding carboxylic acids is 3. The largest absolute Gasteiger partial charge is 0.449 e. The molecule has 0 spiro atoms. The van der Waals surface area contributed by atoms with E-state index in [1.165, 1.54) is 31.4 Å². The molecular weight excluding hydrogens is 472 g/mol. The van der Waals surface area contributed by atoms with Gasteiger partial charge in [0, 0.05) is 31.9 Å². The van der Waals surface area contributed by atoms with Gasteiger partial charge in [0.2, 0.25) is 6.29 Å². The number of hydrogen-bond acceptors (Lipinski definition) is 9. The molecule has 0 N–H and O–H groups in total. The number of benzene rings is 2. The van der Waals surface area contributed by atoms with E-state index in [4.69, 9.17) is 18.9 Å². The van der Waals surface area contributed by atoms with Crippen molar-refractivity contribution in [1.29, 1.82) is 0 Å². The van der Waals surface area contributed by atoms with Crippen LogP contribution in [0, 0.1) is 0 Å². The molecule has 11 heteroatoms. The van der Waals surface area contributed by atoms with Crippen LogP contribution < -0.4 is 11.2 Å². The molecule has 1 aliphatic rings. The first-order valence-corrected chi connectivity index (χ1v) is 10.9. The molecule has 0 bridgehead atoms. The van der Waals surface area contributed by atoms with E-state index in [-0.39, 0.29) is 11.1 Å². The molecule has 1 aliphatic heterocycles. The Hall–Kier alpha value is -4.35. The summed E-state index contributed by atoms with van der Waals surface area (Å²) in [5.74, 6) is -2.30. The fraction of sp³-hybridized carbons (Fsp3) is 0.240. The monoisotopic (exact) mass is 494 g/mol. The molecule has 1 fully saturated rings. The van der Waals surface area contributed by atoms with Gasteiger partial charge in [-0.1, -0.05) is 36.4 Å². The van der Waals surface area contributed by atoms with E-state index in [1.807, 2.05) is 0 Å². The van der Waals surface area contributed by atoms with Crippen molar-refractivity contribution in [2.45, 2.75) is 31.6 Å². The van der Waals surface area contributed by atoms with E-state index in [2.05, 4.69) is 0 Å². The van der Waals surface area contributed by atoms with Crippen LogP contribution in [0.3, 0.4) is 0 Å². The van der Waals surface area contributed by atoms with Crippen molar-refractivity contribution in [2.75, 3.05) is 7.11 Å². The molecule has 0 radical (unpaired) electrons. The molecule has 2 heterocycles. The van der Waals surface area contributed by atoms with Crippen molar-refractivity contribution in [2.24, 2.45) is 0 Å². The first kappa shape index (κ1) is 24.8. The smallest absolute Gasteiger partial charge is 0.340 e. The quantitative estimate of drug-likeness (QED) is 0.466. The Balaban J connectivity index is 1.72. The fourth-order valence-corrected chi connectivity index (χ4v) is 3.81. The number of carbonyl (C=O) groups is 3. The van der Waals surface area contributed by atoms with Crippen LogP contribution in [0.4, 0.5) is 0 Å². The van der Waals surface area contributed by atoms with Gasteiger partial charge in [-0.15, -0.1) is 0 Å². The van der Waals surface area contributed by atoms with Crippen molar-refractivity contribution in [1.82, 2.24) is 9.13 Å². The summed E-state index contributed by atoms with van der Waals surface area (Å²) < 4.78 is 23.4. The normalized spacial score (nSPS) is 21.1. The maximum atomic E-state index is 13.3. The number of esters is 2. The average molecular weight is 494 g/mol. The van der Waals surface area contributed by atoms with Crippen LogP contribution in [-0.2, 0) is 23.7 Å². The predicted octanol–water partition coefficient (Wildman–Crippen LogP) is 1.36. The summed E-state index contributed by atoms with van der Waals surface area (Å²) in [7, 11) is 1.29. The second-order valence-electron chi connectivity index (χ2n) is 7.79. The van der Waals surface area contributed by atoms with Gasteiger partial charge in [0.05, 0.1) is 5.56 Å². The maximum absolute atomic E-state index is 13.3. The minimum Gasteiger partial charge on any atom is -0.449 e. The fourth-order valence-electron chi connectivity index (χ4n) is 3.81. The summed E-state index contributed by atoms with van der Waals surface area (Å²) in [6, 6.07) is 16.9. The third-order valence-corrected chi connectivity index (χ3v) is 5.46. The number of aromatic nitrogens is 2. The third-order valence-electron chi connectivity index (χ3n) is 5.46. The Morgan fingerprint density at radius 2 is 1.44 bits per heavy atom. The van der Waals surface area contributed by atoms with Gasteiger partial charge in [-0.05, 0) is 24.3 Å². The maximum Gasteiger partial charge on any atom is 0.340 e. The Morgan fingerprint density at radius 1 is 0.833 bits per heavy atom. The molecular formula is C25H22N2O9. The number of methoxy groups -OCH3 is 1. The molecule has 0 amide bonds. The lowest BCUT2D eigenvalue weighted by Crippen LogP contribution is -2.46. The molecule has 2 unspecified atom stereocenters. The van der Waals surface area contributed by atoms with Gasteiger partial charge in [-0.25, -0.2) is 9.59 Å². The highest BCUT2D eigenvalue weighted by molar-refractivity contribution is 5.95. The molecule has 36 heavy (non-hydrogen) atoms. The zero-order chi connectivity index (χ0) is 25.8. The topological polar surface area (TPSA) is 132 Å². The molecule has 0 saturated carbocycles. The number of ether oxygens (including phenoxy) is 4. The molecule has 11 nitrogen and oxygen atoms in total. The van der Waals surface area contributed by atoms with Crippen LogP contribution in [-0.4, -0.2) is 52.6 Å². The Bertz CT molecular complexity index is 1380. The van der Waals surface area contributed by atoms with Gasteiger partial charge >= 0.3 is 17.6 Å². The third kappa shape index (κ3) is 4.88. The molecule has 4 atom stereocenters. The van der Waals surface area contributed by atoms with E-state index in [9.17, 15) is 24.0 Å². The van der Waals surface area contributed by atoms with Crippen molar-refractivity contribution >= 4 is 17.8 Å². The first-order chi connectivity index (χ1) is 17.3. The van der Waals surface area contributed by atoms with Gasteiger partial charge in [-0.3, -0.25) is 19.0 Å². The van der Waals surface area contributed by atoms with Crippen LogP contribution in [0.15, 0.2) is 82.5 Å². The second-order valence-corrected chi connectivity index (χ2v) is 7.79. The molecule has 3 aromatic rings. The summed E-state index contributed by atoms with van der Waals surface area (Å²) in [5, 5.41) is 0. The molecule has 1 aromatic heterocycles. The van der Waals surface area contributed by atoms with Crippen molar-refractivity contribution < 1.29 is 33.3 Å². The summed E-state index contributed by atoms with van der Waals surface area (Å²) in [4.78, 5) is 63.1. The average Bonchev–Trinajstić information content (AvgIpc) is 3.20. The van der Waals surface area contributed by atoms with Gasteiger partial charge in [-0.2, -0.15) is 4.57 Å². The van der Waals surface area contributed by atoms with E-state index >= 15 is 0 Å². The SMILES string of the molecule is COC1C(OC(=O)c2ccccc2)[C@H](OC(C)=O)O[C@H]1n1ccc(=O)n(C(=O)c2ccccc2)c1=O. The lowest BCUT2D eigenvalue weighted by atomic mass is 10.2. The zero-order valence-electron chi connectivity index (χ0n) is 19.3. The van der Waals surface area contributed by atoms with Crippen molar-refractivity contribution in [3.8, 4) is 0 Å². The van der Waals surface area contributed by atoms with Crippen molar-refractivity contribution in [3.05, 3.63) is 105 Å². The van der Waals surface area contributed by atoms with Gasteiger partial charge in [0.25, 0.3) is 11.5 Å². The second kappa shape index (κ2) is 10.5. The lowest BCUT2D eigenvalue weighted by molar-refractivity contribution is -0.191. The summed E-state index contributed by atoms with van der Waals surface area (Å²) in [5.41, 5.74) is -1.50. The van der Waals surface area contributed by atoms with Gasteiger partial charge in [0.15, 0.2) is 12.3 Å². The standard InChI is InChI=1S/C25H22N2O9/c1-15(28)34-24-20(35-23(31)17-11-7-4-8-12-17)19(33-2)22(36-24)26-14-13-18(29)27(25(26)32)21(30)16-9-5-3-6-10-16/h3-14,19-20,22,24H,1-2H3/t19?,20?,22-,24-/m1/s1. The molecule has 0 aliphatic carbocycles. The number of nitrogens with zero attached hydrogens (tertiary/aromatic N) is 2. The molecule has 186 valence electrons. The minimum atomic E-state index is -1.43. The minimum absolute atomic E-state index is 0.123. The Kier molecular flexibility index (Phi) is 7.23. The predicted molar refractivity (Wildman–Crippen MR) is 123 cm³/mol. The molecule has 2 aromatic carbocycles. The van der Waals surface area contributed by atoms with E-state index in [0.29, 0.717) is 4.57 Å². The highest BCUT2D eigenvalue weighted by Crippen LogP contribution is 2.33. The molecule has 1 saturated heterocycles. The van der Waals surface area contributed by atoms with Crippen LogP contribution in [0.25, 0.3) is 0 Å². The summed E-state index contributed by atoms with van der Waals surface area (Å²) in [6.45, 7) is 1.14. The highest BCUT2D eigenvalue weighted by atomic mass is 16.7. The zero-order valence-corrected chi connectivity index (χ0v) is 19.3. The van der Waals surface area contributed by atoms with Gasteiger partial charge in [0.1, 0.15) is 6.10 Å². The summed E-state index contributed by atoms with van der Waals surface area (Å²) >= 11 is 0. The van der Waals surface area contributed by atoms with Crippen LogP contribution in [0.1, 0.15) is 33.9 Å². The number of rotatable bonds is 6. The van der Waals surface area contributed by atoms with Gasteiger partial charge < -0.3 is 18.9 Å². The van der Waals surface area contributed by atoms with E-state index < -0.39 is 53.8 Å². The van der Waals surface area contributed by atoms with Crippen LogP contribution in [0.5, 0.6) is 0 Å². The Morgan fingerprint density at radius 3 is 2.03 bits per heavy atom. The number of hydrogen-bond donors (Lipinski definition) is 0. The van der Waals surface area contributed by atoms with Crippen LogP contribution >= 0.6 is 0 Å². The van der Waals surface area contributed by atoms with E-state index in [1.54, 1.807) is 36.4 Å². The Labute approximate surface area is 204 Å². The lowest BCUT2D eigenvalue weighted by Gasteiger charge is -2.23. The van der Waals surface area contributed by atoms with E-state index in [0.717, 1.165) is 23.8 Å². The summed E-state index contributed by atoms with van der Waals surface area (Å²) in [6.07, 6.45) is -4.02. The van der Waals surface area contributed by atoms with Crippen molar-refractivity contribution in [3.63, 3.8) is 0 Å².